The highest BCUT2D eigenvalue weighted by Gasteiger charge is 2.35. The van der Waals surface area contributed by atoms with Gasteiger partial charge in [-0.2, -0.15) is 0 Å². The second-order valence-electron chi connectivity index (χ2n) is 15.3. The maximum atomic E-state index is 12.8. The Bertz CT molecular complexity index is 1440. The van der Waals surface area contributed by atoms with Gasteiger partial charge >= 0.3 is 19.8 Å². The minimum absolute atomic E-state index is 0.166. The molecule has 59 heavy (non-hydrogen) atoms. The van der Waals surface area contributed by atoms with E-state index in [1.54, 1.807) is 24.3 Å². The summed E-state index contributed by atoms with van der Waals surface area (Å²) < 4.78 is 33.9. The first-order valence-corrected chi connectivity index (χ1v) is 24.0. The van der Waals surface area contributed by atoms with Crippen molar-refractivity contribution in [3.63, 3.8) is 0 Å². The Hall–Kier alpha value is -3.37. The number of carbonyl (C=O) groups is 4. The van der Waals surface area contributed by atoms with Crippen LogP contribution in [0.5, 0.6) is 0 Å². The molecular formula is C47H74NO10P. The number of unbranched alkanes of at least 4 members (excludes halogenated alkanes) is 17. The summed E-state index contributed by atoms with van der Waals surface area (Å²) in [5, 5.41) is 0. The van der Waals surface area contributed by atoms with Crippen LogP contribution in [-0.4, -0.2) is 66.0 Å². The quantitative estimate of drug-likeness (QED) is 0.0226. The van der Waals surface area contributed by atoms with Crippen LogP contribution >= 0.6 is 7.82 Å². The first kappa shape index (κ1) is 51.8. The summed E-state index contributed by atoms with van der Waals surface area (Å²) in [6.45, 7) is 2.75. The van der Waals surface area contributed by atoms with Crippen LogP contribution < -0.4 is 0 Å². The third-order valence-electron chi connectivity index (χ3n) is 10.1. The molecule has 1 N–H and O–H groups in total. The van der Waals surface area contributed by atoms with E-state index in [0.717, 1.165) is 75.5 Å². The summed E-state index contributed by atoms with van der Waals surface area (Å²) in [7, 11) is -4.69. The smallest absolute Gasteiger partial charge is 0.462 e. The van der Waals surface area contributed by atoms with E-state index in [4.69, 9.17) is 18.5 Å². The van der Waals surface area contributed by atoms with Crippen molar-refractivity contribution in [1.29, 1.82) is 0 Å². The Morgan fingerprint density at radius 1 is 0.644 bits per heavy atom. The zero-order valence-corrected chi connectivity index (χ0v) is 37.1. The van der Waals surface area contributed by atoms with Crippen molar-refractivity contribution in [2.45, 2.75) is 174 Å². The van der Waals surface area contributed by atoms with Crippen LogP contribution in [0.4, 0.5) is 0 Å². The molecule has 0 aliphatic carbocycles. The minimum Gasteiger partial charge on any atom is -0.462 e. The second-order valence-corrected chi connectivity index (χ2v) is 16.7. The molecule has 0 saturated carbocycles. The molecule has 1 aromatic rings. The van der Waals surface area contributed by atoms with Gasteiger partial charge in [-0.05, 0) is 57.1 Å². The van der Waals surface area contributed by atoms with Crippen molar-refractivity contribution in [2.75, 3.05) is 26.4 Å². The Morgan fingerprint density at radius 2 is 1.14 bits per heavy atom. The van der Waals surface area contributed by atoms with Crippen LogP contribution in [-0.2, 0) is 32.7 Å². The van der Waals surface area contributed by atoms with E-state index in [-0.39, 0.29) is 37.1 Å². The van der Waals surface area contributed by atoms with E-state index in [1.165, 1.54) is 57.8 Å². The summed E-state index contributed by atoms with van der Waals surface area (Å²) in [5.41, 5.74) is 0.515. The number of ether oxygens (including phenoxy) is 2. The van der Waals surface area contributed by atoms with Crippen molar-refractivity contribution < 1.29 is 47.2 Å². The van der Waals surface area contributed by atoms with Crippen molar-refractivity contribution in [1.82, 2.24) is 4.90 Å². The molecule has 0 spiro atoms. The highest BCUT2D eigenvalue weighted by atomic mass is 31.2. The average molecular weight is 844 g/mol. The Kier molecular flexibility index (Phi) is 29.3. The van der Waals surface area contributed by atoms with E-state index in [2.05, 4.69) is 50.3 Å². The summed E-state index contributed by atoms with van der Waals surface area (Å²) in [6.07, 6.45) is 36.4. The number of carbonyl (C=O) groups excluding carboxylic acids is 4. The molecule has 1 heterocycles. The number of amides is 2. The van der Waals surface area contributed by atoms with E-state index in [9.17, 15) is 28.6 Å². The first-order valence-electron chi connectivity index (χ1n) is 22.6. The molecule has 2 amide bonds. The van der Waals surface area contributed by atoms with Gasteiger partial charge < -0.3 is 14.4 Å². The molecule has 1 aliphatic heterocycles. The fourth-order valence-electron chi connectivity index (χ4n) is 6.70. The fourth-order valence-corrected chi connectivity index (χ4v) is 7.44. The largest absolute Gasteiger partial charge is 0.472 e. The molecule has 332 valence electrons. The van der Waals surface area contributed by atoms with E-state index in [1.807, 2.05) is 0 Å². The number of phosphoric ester groups is 1. The van der Waals surface area contributed by atoms with Crippen LogP contribution in [0, 0.1) is 0 Å². The lowest BCUT2D eigenvalue weighted by atomic mass is 10.0. The van der Waals surface area contributed by atoms with Crippen LogP contribution in [0.2, 0.25) is 0 Å². The Balaban J connectivity index is 1.71. The van der Waals surface area contributed by atoms with E-state index >= 15 is 0 Å². The number of esters is 2. The first-order chi connectivity index (χ1) is 28.7. The standard InChI is InChI=1S/C47H74NO10P/c1-3-5-7-9-11-13-15-17-18-20-21-23-25-27-29-35-44(49)55-39-41(58-45(50)36-30-28-26-24-22-19-16-14-12-10-8-6-4-2)40-57-59(53,54)56-38-37-48-46(51)42-33-31-32-34-43(42)47(48)52/h5,7,11,13,17-18,31-34,41H,3-4,6,8-10,12,14-16,19-30,35-40H2,1-2H3,(H,53,54)/b7-5-,13-11-,18-17-/t41-/m1/s1. The molecule has 12 heteroatoms. The monoisotopic (exact) mass is 844 g/mol. The number of benzene rings is 1. The van der Waals surface area contributed by atoms with Gasteiger partial charge in [-0.15, -0.1) is 0 Å². The highest BCUT2D eigenvalue weighted by Crippen LogP contribution is 2.43. The van der Waals surface area contributed by atoms with Gasteiger partial charge in [0, 0.05) is 12.8 Å². The third-order valence-corrected chi connectivity index (χ3v) is 11.1. The topological polar surface area (TPSA) is 146 Å². The van der Waals surface area contributed by atoms with Crippen LogP contribution in [0.3, 0.4) is 0 Å². The number of fused-ring (bicyclic) bond motifs is 1. The average Bonchev–Trinajstić information content (AvgIpc) is 3.46. The van der Waals surface area contributed by atoms with Gasteiger partial charge in [-0.3, -0.25) is 33.1 Å². The number of imide groups is 1. The molecule has 1 aliphatic rings. The van der Waals surface area contributed by atoms with Gasteiger partial charge in [0.25, 0.3) is 11.8 Å². The van der Waals surface area contributed by atoms with Crippen LogP contribution in [0.15, 0.2) is 60.7 Å². The zero-order chi connectivity index (χ0) is 42.8. The number of phosphoric acid groups is 1. The SMILES string of the molecule is CC/C=C\C/C=C\C/C=C\CCCCCCCC(=O)OC[C@H](COP(=O)(O)OCCN1C(=O)c2ccccc2C1=O)OC(=O)CCCCCCCCCCCCCCC. The lowest BCUT2D eigenvalue weighted by Crippen LogP contribution is -2.33. The van der Waals surface area contributed by atoms with E-state index in [0.29, 0.717) is 12.8 Å². The highest BCUT2D eigenvalue weighted by molar-refractivity contribution is 7.47. The van der Waals surface area contributed by atoms with Crippen molar-refractivity contribution in [3.05, 3.63) is 71.8 Å². The Labute approximate surface area is 355 Å². The molecule has 2 atom stereocenters. The maximum absolute atomic E-state index is 12.8. The fraction of sp³-hybridized carbons (Fsp3) is 0.660. The van der Waals surface area contributed by atoms with Gasteiger partial charge in [0.05, 0.1) is 30.9 Å². The zero-order valence-electron chi connectivity index (χ0n) is 36.2. The lowest BCUT2D eigenvalue weighted by molar-refractivity contribution is -0.161. The number of hydrogen-bond acceptors (Lipinski definition) is 9. The minimum atomic E-state index is -4.69. The van der Waals surface area contributed by atoms with E-state index < -0.39 is 50.9 Å². The normalized spacial score (nSPS) is 14.5. The molecular weight excluding hydrogens is 769 g/mol. The summed E-state index contributed by atoms with van der Waals surface area (Å²) >= 11 is 0. The maximum Gasteiger partial charge on any atom is 0.472 e. The van der Waals surface area contributed by atoms with Crippen molar-refractivity contribution in [2.24, 2.45) is 0 Å². The summed E-state index contributed by atoms with van der Waals surface area (Å²) in [5.74, 6) is -1.99. The lowest BCUT2D eigenvalue weighted by Gasteiger charge is -2.20. The van der Waals surface area contributed by atoms with Crippen LogP contribution in [0.1, 0.15) is 189 Å². The number of allylic oxidation sites excluding steroid dienone is 6. The molecule has 0 aromatic heterocycles. The molecule has 0 bridgehead atoms. The van der Waals surface area contributed by atoms with Gasteiger partial charge in [-0.25, -0.2) is 4.57 Å². The number of nitrogens with zero attached hydrogens (tertiary/aromatic N) is 1. The predicted molar refractivity (Wildman–Crippen MR) is 234 cm³/mol. The third kappa shape index (κ3) is 25.1. The Morgan fingerprint density at radius 3 is 1.69 bits per heavy atom. The van der Waals surface area contributed by atoms with Gasteiger partial charge in [-0.1, -0.05) is 159 Å². The number of rotatable bonds is 37. The van der Waals surface area contributed by atoms with Crippen molar-refractivity contribution >= 4 is 31.6 Å². The number of hydrogen-bond donors (Lipinski definition) is 1. The molecule has 0 radical (unpaired) electrons. The molecule has 0 fully saturated rings. The predicted octanol–water partition coefficient (Wildman–Crippen LogP) is 11.9. The molecule has 1 unspecified atom stereocenters. The molecule has 2 rings (SSSR count). The van der Waals surface area contributed by atoms with Gasteiger partial charge in [0.2, 0.25) is 0 Å². The molecule has 0 saturated heterocycles. The summed E-state index contributed by atoms with van der Waals surface area (Å²) in [6, 6.07) is 6.38. The van der Waals surface area contributed by atoms with Gasteiger partial charge in [0.1, 0.15) is 6.61 Å². The van der Waals surface area contributed by atoms with Crippen molar-refractivity contribution in [3.8, 4) is 0 Å². The second kappa shape index (κ2) is 33.4. The molecule has 1 aromatic carbocycles. The van der Waals surface area contributed by atoms with Gasteiger partial charge in [0.15, 0.2) is 6.10 Å². The molecule has 11 nitrogen and oxygen atoms in total. The summed E-state index contributed by atoms with van der Waals surface area (Å²) in [4.78, 5) is 61.9. The van der Waals surface area contributed by atoms with Crippen LogP contribution in [0.25, 0.3) is 0 Å².